The van der Waals surface area contributed by atoms with E-state index in [1.54, 1.807) is 0 Å². The molecule has 0 spiro atoms. The molecule has 9 rings (SSSR count). The van der Waals surface area contributed by atoms with Crippen LogP contribution in [0.15, 0.2) is 273 Å². The Morgan fingerprint density at radius 2 is 0.269 bits per heavy atom. The van der Waals surface area contributed by atoms with Crippen LogP contribution >= 0.6 is 18.1 Å². The van der Waals surface area contributed by atoms with Crippen LogP contribution in [0.1, 0.15) is 0 Å². The van der Waals surface area contributed by atoms with Gasteiger partial charge in [0.25, 0.3) is 0 Å². The van der Waals surface area contributed by atoms with Crippen LogP contribution in [-0.4, -0.2) is 0 Å². The van der Waals surface area contributed by atoms with Crippen molar-refractivity contribution in [1.29, 1.82) is 0 Å². The maximum atomic E-state index is 7.67. The molecule has 0 aliphatic heterocycles. The summed E-state index contributed by atoms with van der Waals surface area (Å²) in [7, 11) is 0. The topological polar surface area (TPSA) is 83.1 Å². The van der Waals surface area contributed by atoms with E-state index in [1.807, 2.05) is 273 Å². The molecule has 0 bridgehead atoms. The first-order chi connectivity index (χ1) is 33.1. The normalized spacial score (nSPS) is 12.1. The van der Waals surface area contributed by atoms with Gasteiger partial charge in [0.2, 0.25) is 0 Å². The molecule has 0 saturated carbocycles. The summed E-state index contributed by atoms with van der Waals surface area (Å²) in [5.41, 5.74) is 0. The van der Waals surface area contributed by atoms with Gasteiger partial charge in [0.05, 0.1) is 0 Å². The van der Waals surface area contributed by atoms with Gasteiger partial charge in [0, 0.05) is 0 Å². The average molecular weight is 1030 g/mol. The first-order valence-electron chi connectivity index (χ1n) is 21.5. The monoisotopic (exact) mass is 1030 g/mol. The summed E-state index contributed by atoms with van der Waals surface area (Å²) in [6, 6.07) is 70.8. The molecule has 0 atom stereocenters. The first kappa shape index (κ1) is 45.3. The second-order valence-corrected chi connectivity index (χ2v) is 46.4. The van der Waals surface area contributed by atoms with Gasteiger partial charge in [-0.25, -0.2) is 0 Å². The fourth-order valence-corrected chi connectivity index (χ4v) is 60.9. The molecule has 0 heterocycles. The second-order valence-electron chi connectivity index (χ2n) is 14.5. The van der Waals surface area contributed by atoms with Gasteiger partial charge in [0.1, 0.15) is 0 Å². The van der Waals surface area contributed by atoms with Crippen molar-refractivity contribution in [3.05, 3.63) is 273 Å². The third kappa shape index (κ3) is 11.8. The van der Waals surface area contributed by atoms with Crippen molar-refractivity contribution in [2.24, 2.45) is 0 Å². The van der Waals surface area contributed by atoms with Crippen molar-refractivity contribution in [2.75, 3.05) is 0 Å². The summed E-state index contributed by atoms with van der Waals surface area (Å²) < 4.78 is 69.0. The summed E-state index contributed by atoms with van der Waals surface area (Å²) in [5.74, 6) is 4.09. The third-order valence-electron chi connectivity index (χ3n) is 9.62. The van der Waals surface area contributed by atoms with Gasteiger partial charge in [-0.1, -0.05) is 0 Å². The molecule has 0 amide bonds. The Hall–Kier alpha value is -6.84. The third-order valence-corrected chi connectivity index (χ3v) is 58.7. The molecule has 0 aromatic heterocycles. The van der Waals surface area contributed by atoms with E-state index in [-0.39, 0.29) is 0 Å². The zero-order valence-electron chi connectivity index (χ0n) is 36.1. The van der Waals surface area contributed by atoms with E-state index >= 15 is 0 Å². The van der Waals surface area contributed by atoms with Crippen LogP contribution in [-0.2, 0) is 15.8 Å². The van der Waals surface area contributed by atoms with Crippen molar-refractivity contribution in [3.63, 3.8) is 0 Å². The molecule has 0 saturated heterocycles. The number of rotatable bonds is 21. The Morgan fingerprint density at radius 3 is 0.373 bits per heavy atom. The average Bonchev–Trinajstić information content (AvgIpc) is 3.37. The Balaban J connectivity index is 1.48. The summed E-state index contributed by atoms with van der Waals surface area (Å²) in [6.45, 7) is 0. The van der Waals surface area contributed by atoms with Crippen molar-refractivity contribution >= 4 is 18.1 Å². The number of hydrogen-bond donors (Lipinski definition) is 0. The molecule has 0 unspecified atom stereocenters. The zero-order chi connectivity index (χ0) is 45.5. The number of benzene rings is 9. The van der Waals surface area contributed by atoms with Gasteiger partial charge in [-0.3, -0.25) is 0 Å². The molecule has 0 N–H and O–H groups in total. The van der Waals surface area contributed by atoms with Crippen LogP contribution in [0.2, 0.25) is 0 Å². The molecule has 9 aromatic carbocycles. The van der Waals surface area contributed by atoms with Crippen LogP contribution in [0.3, 0.4) is 0 Å². The summed E-state index contributed by atoms with van der Waals surface area (Å²) >= 11 is -4.68. The predicted molar refractivity (Wildman–Crippen MR) is 269 cm³/mol. The van der Waals surface area contributed by atoms with Crippen molar-refractivity contribution in [1.82, 2.24) is 0 Å². The van der Waals surface area contributed by atoms with Gasteiger partial charge in [-0.05, 0) is 0 Å². The van der Waals surface area contributed by atoms with Gasteiger partial charge in [-0.15, -0.1) is 0 Å². The molecule has 0 aliphatic rings. The van der Waals surface area contributed by atoms with E-state index in [9.17, 15) is 0 Å². The van der Waals surface area contributed by atoms with E-state index < -0.39 is 33.9 Å². The SMILES string of the molecule is c1ccc(O[PH](Oc2ccccc2)(Oc2ccccc2)[Mo]([PH](Oc2ccccc2)(Oc2ccccc2)Oc2ccccc2)[PH](Oc2ccccc2)(Oc2ccccc2)Oc2ccccc2)cc1. The zero-order valence-corrected chi connectivity index (χ0v) is 41.1. The Morgan fingerprint density at radius 1 is 0.164 bits per heavy atom. The summed E-state index contributed by atoms with van der Waals surface area (Å²) in [5, 5.41) is 0. The van der Waals surface area contributed by atoms with Crippen LogP contribution in [0.25, 0.3) is 0 Å². The standard InChI is InChI=1S/3C18H16O3P.Mo/c3*1-4-10-16(11-5-1)19-22(20-17-12-6-2-7-13-17)21-18-14-8-3-9-15-18;/h3*1-15,22H;/q3*+1;-3. The predicted octanol–water partition coefficient (Wildman–Crippen LogP) is 15.5. The molecular weight excluding hydrogens is 981 g/mol. The quantitative estimate of drug-likeness (QED) is 0.0516. The minimum absolute atomic E-state index is 0.455. The molecule has 0 aliphatic carbocycles. The summed E-state index contributed by atoms with van der Waals surface area (Å²) in [6.07, 6.45) is 0. The van der Waals surface area contributed by atoms with Gasteiger partial charge >= 0.3 is 399 Å². The molecule has 67 heavy (non-hydrogen) atoms. The van der Waals surface area contributed by atoms with Crippen molar-refractivity contribution in [3.8, 4) is 51.7 Å². The van der Waals surface area contributed by atoms with Gasteiger partial charge in [-0.2, -0.15) is 0 Å². The van der Waals surface area contributed by atoms with Crippen LogP contribution in [0.5, 0.6) is 51.7 Å². The van der Waals surface area contributed by atoms with Crippen LogP contribution in [0, 0.1) is 0 Å². The van der Waals surface area contributed by atoms with E-state index in [0.717, 1.165) is 0 Å². The maximum absolute atomic E-state index is 7.67. The molecule has 9 aromatic rings. The van der Waals surface area contributed by atoms with Crippen LogP contribution in [0.4, 0.5) is 0 Å². The molecule has 9 nitrogen and oxygen atoms in total. The van der Waals surface area contributed by atoms with E-state index in [1.165, 1.54) is 0 Å². The van der Waals surface area contributed by atoms with Crippen molar-refractivity contribution in [2.45, 2.75) is 0 Å². The van der Waals surface area contributed by atoms with Crippen molar-refractivity contribution < 1.29 is 56.5 Å². The van der Waals surface area contributed by atoms with Crippen LogP contribution < -0.4 is 40.7 Å². The Kier molecular flexibility index (Phi) is 14.9. The van der Waals surface area contributed by atoms with E-state index in [4.69, 9.17) is 40.7 Å². The Labute approximate surface area is 397 Å². The molecule has 0 fully saturated rings. The number of hydrogen-bond acceptors (Lipinski definition) is 9. The minimum atomic E-state index is -4.80. The fourth-order valence-electron chi connectivity index (χ4n) is 6.72. The summed E-state index contributed by atoms with van der Waals surface area (Å²) in [4.78, 5) is 0. The first-order valence-corrected chi connectivity index (χ1v) is 35.4. The molecule has 339 valence electrons. The second kappa shape index (κ2) is 22.1. The van der Waals surface area contributed by atoms with E-state index in [2.05, 4.69) is 0 Å². The Bertz CT molecular complexity index is 2210. The molecule has 0 radical (unpaired) electrons. The van der Waals surface area contributed by atoms with Gasteiger partial charge < -0.3 is 0 Å². The molecular formula is C54H48MoO9P3. The molecule has 13 heteroatoms. The fraction of sp³-hybridized carbons (Fsp3) is 0. The van der Waals surface area contributed by atoms with E-state index in [0.29, 0.717) is 51.7 Å². The van der Waals surface area contributed by atoms with Gasteiger partial charge in [0.15, 0.2) is 0 Å². The number of para-hydroxylation sites is 9.